The largest absolute Gasteiger partial charge is 0.391 e. The maximum atomic E-state index is 11.8. The lowest BCUT2D eigenvalue weighted by molar-refractivity contribution is 0.170. The van der Waals surface area contributed by atoms with Crippen LogP contribution in [-0.2, 0) is 13.0 Å². The van der Waals surface area contributed by atoms with Gasteiger partial charge in [-0.3, -0.25) is 0 Å². The number of carbonyl (C=O) groups excluding carboxylic acids is 1. The maximum Gasteiger partial charge on any atom is 0.315 e. The fraction of sp³-hybridized carbons (Fsp3) is 0.278. The predicted octanol–water partition coefficient (Wildman–Crippen LogP) is 2.40. The first kappa shape index (κ1) is 16.0. The van der Waals surface area contributed by atoms with Gasteiger partial charge in [-0.1, -0.05) is 54.6 Å². The number of aliphatic hydroxyl groups excluding tert-OH is 1. The van der Waals surface area contributed by atoms with Gasteiger partial charge in [0.25, 0.3) is 0 Å². The topological polar surface area (TPSA) is 61.4 Å². The highest BCUT2D eigenvalue weighted by Gasteiger charge is 2.08. The van der Waals surface area contributed by atoms with Gasteiger partial charge >= 0.3 is 6.03 Å². The minimum absolute atomic E-state index is 0.231. The third kappa shape index (κ3) is 5.22. The van der Waals surface area contributed by atoms with Gasteiger partial charge in [0.05, 0.1) is 6.10 Å². The Balaban J connectivity index is 1.70. The third-order valence-corrected chi connectivity index (χ3v) is 3.51. The second-order valence-electron chi connectivity index (χ2n) is 5.33. The molecular formula is C18H22N2O2. The maximum absolute atomic E-state index is 11.8. The molecule has 0 bridgehead atoms. The van der Waals surface area contributed by atoms with E-state index in [0.29, 0.717) is 13.0 Å². The molecule has 1 unspecified atom stereocenters. The Bertz CT molecular complexity index is 599. The van der Waals surface area contributed by atoms with Crippen molar-refractivity contribution in [3.05, 3.63) is 71.3 Å². The van der Waals surface area contributed by atoms with Gasteiger partial charge in [-0.25, -0.2) is 4.79 Å². The fourth-order valence-electron chi connectivity index (χ4n) is 2.22. The highest BCUT2D eigenvalue weighted by Crippen LogP contribution is 2.06. The summed E-state index contributed by atoms with van der Waals surface area (Å²) in [6, 6.07) is 17.4. The van der Waals surface area contributed by atoms with Crippen molar-refractivity contribution in [3.63, 3.8) is 0 Å². The Labute approximate surface area is 131 Å². The molecule has 2 aromatic rings. The Kier molecular flexibility index (Phi) is 5.98. The molecule has 2 amide bonds. The molecule has 0 aliphatic rings. The number of aryl methyl sites for hydroxylation is 1. The highest BCUT2D eigenvalue weighted by atomic mass is 16.3. The van der Waals surface area contributed by atoms with E-state index in [-0.39, 0.29) is 12.6 Å². The lowest BCUT2D eigenvalue weighted by Crippen LogP contribution is -2.40. The summed E-state index contributed by atoms with van der Waals surface area (Å²) in [6.07, 6.45) is -0.0644. The van der Waals surface area contributed by atoms with Crippen molar-refractivity contribution in [2.45, 2.75) is 26.0 Å². The quantitative estimate of drug-likeness (QED) is 0.767. The van der Waals surface area contributed by atoms with Gasteiger partial charge in [-0.05, 0) is 23.6 Å². The first-order valence-corrected chi connectivity index (χ1v) is 7.43. The van der Waals surface area contributed by atoms with Crippen LogP contribution in [0, 0.1) is 6.92 Å². The van der Waals surface area contributed by atoms with E-state index < -0.39 is 6.10 Å². The van der Waals surface area contributed by atoms with Crippen LogP contribution in [-0.4, -0.2) is 23.8 Å². The molecule has 0 radical (unpaired) electrons. The number of rotatable bonds is 6. The number of hydrogen-bond donors (Lipinski definition) is 3. The summed E-state index contributed by atoms with van der Waals surface area (Å²) in [5.74, 6) is 0. The molecule has 4 nitrogen and oxygen atoms in total. The summed E-state index contributed by atoms with van der Waals surface area (Å²) in [5, 5.41) is 15.4. The Morgan fingerprint density at radius 2 is 1.73 bits per heavy atom. The number of amides is 2. The van der Waals surface area contributed by atoms with Gasteiger partial charge in [0.1, 0.15) is 0 Å². The van der Waals surface area contributed by atoms with Crippen molar-refractivity contribution in [2.24, 2.45) is 0 Å². The molecule has 0 aromatic heterocycles. The van der Waals surface area contributed by atoms with E-state index in [1.165, 1.54) is 0 Å². The van der Waals surface area contributed by atoms with E-state index in [1.807, 2.05) is 61.5 Å². The average Bonchev–Trinajstić information content (AvgIpc) is 2.53. The van der Waals surface area contributed by atoms with Crippen LogP contribution in [0.5, 0.6) is 0 Å². The van der Waals surface area contributed by atoms with Crippen molar-refractivity contribution in [2.75, 3.05) is 6.54 Å². The number of benzene rings is 2. The van der Waals surface area contributed by atoms with Crippen LogP contribution in [0.15, 0.2) is 54.6 Å². The van der Waals surface area contributed by atoms with Crippen LogP contribution in [0.4, 0.5) is 4.79 Å². The summed E-state index contributed by atoms with van der Waals surface area (Å²) >= 11 is 0. The summed E-state index contributed by atoms with van der Waals surface area (Å²) in [7, 11) is 0. The van der Waals surface area contributed by atoms with E-state index in [1.54, 1.807) is 0 Å². The fourth-order valence-corrected chi connectivity index (χ4v) is 2.22. The molecule has 4 heteroatoms. The first-order valence-electron chi connectivity index (χ1n) is 7.43. The van der Waals surface area contributed by atoms with Gasteiger partial charge in [0.15, 0.2) is 0 Å². The van der Waals surface area contributed by atoms with Gasteiger partial charge in [-0.2, -0.15) is 0 Å². The van der Waals surface area contributed by atoms with Gasteiger partial charge in [-0.15, -0.1) is 0 Å². The molecule has 2 rings (SSSR count). The van der Waals surface area contributed by atoms with Crippen molar-refractivity contribution in [1.82, 2.24) is 10.6 Å². The summed E-state index contributed by atoms with van der Waals surface area (Å²) in [5.41, 5.74) is 3.28. The Morgan fingerprint density at radius 1 is 1.05 bits per heavy atom. The number of nitrogens with one attached hydrogen (secondary N) is 2. The Morgan fingerprint density at radius 3 is 2.45 bits per heavy atom. The molecule has 0 spiro atoms. The zero-order chi connectivity index (χ0) is 15.8. The highest BCUT2D eigenvalue weighted by molar-refractivity contribution is 5.73. The minimum Gasteiger partial charge on any atom is -0.391 e. The Hall–Kier alpha value is -2.33. The molecular weight excluding hydrogens is 276 g/mol. The van der Waals surface area contributed by atoms with E-state index in [4.69, 9.17) is 0 Å². The van der Waals surface area contributed by atoms with Crippen LogP contribution in [0.2, 0.25) is 0 Å². The SMILES string of the molecule is Cc1ccccc1CNC(=O)NCC(O)Cc1ccccc1. The molecule has 0 saturated heterocycles. The molecule has 116 valence electrons. The molecule has 1 atom stereocenters. The predicted molar refractivity (Wildman–Crippen MR) is 87.6 cm³/mol. The van der Waals surface area contributed by atoms with Gasteiger partial charge in [0.2, 0.25) is 0 Å². The summed E-state index contributed by atoms with van der Waals surface area (Å²) < 4.78 is 0. The van der Waals surface area contributed by atoms with Crippen LogP contribution in [0.25, 0.3) is 0 Å². The molecule has 22 heavy (non-hydrogen) atoms. The number of aliphatic hydroxyl groups is 1. The number of urea groups is 1. The van der Waals surface area contributed by atoms with Gasteiger partial charge < -0.3 is 15.7 Å². The first-order chi connectivity index (χ1) is 10.6. The monoisotopic (exact) mass is 298 g/mol. The molecule has 0 aliphatic carbocycles. The van der Waals surface area contributed by atoms with Crippen LogP contribution >= 0.6 is 0 Å². The molecule has 2 aromatic carbocycles. The van der Waals surface area contributed by atoms with Gasteiger partial charge in [0, 0.05) is 19.5 Å². The molecule has 0 fully saturated rings. The molecule has 3 N–H and O–H groups in total. The van der Waals surface area contributed by atoms with E-state index >= 15 is 0 Å². The lowest BCUT2D eigenvalue weighted by atomic mass is 10.1. The lowest BCUT2D eigenvalue weighted by Gasteiger charge is -2.13. The third-order valence-electron chi connectivity index (χ3n) is 3.51. The smallest absolute Gasteiger partial charge is 0.315 e. The zero-order valence-corrected chi connectivity index (χ0v) is 12.8. The van der Waals surface area contributed by atoms with E-state index in [2.05, 4.69) is 10.6 Å². The standard InChI is InChI=1S/C18H22N2O2/c1-14-7-5-6-10-16(14)12-19-18(22)20-13-17(21)11-15-8-3-2-4-9-15/h2-10,17,21H,11-13H2,1H3,(H2,19,20,22). The van der Waals surface area contributed by atoms with Crippen LogP contribution in [0.1, 0.15) is 16.7 Å². The van der Waals surface area contributed by atoms with Crippen LogP contribution < -0.4 is 10.6 Å². The zero-order valence-electron chi connectivity index (χ0n) is 12.8. The summed E-state index contributed by atoms with van der Waals surface area (Å²) in [6.45, 7) is 2.72. The second kappa shape index (κ2) is 8.20. The van der Waals surface area contributed by atoms with Crippen molar-refractivity contribution < 1.29 is 9.90 Å². The second-order valence-corrected chi connectivity index (χ2v) is 5.33. The van der Waals surface area contributed by atoms with Crippen molar-refractivity contribution in [3.8, 4) is 0 Å². The number of hydrogen-bond acceptors (Lipinski definition) is 2. The molecule has 0 heterocycles. The summed E-state index contributed by atoms with van der Waals surface area (Å²) in [4.78, 5) is 11.8. The molecule has 0 aliphatic heterocycles. The van der Waals surface area contributed by atoms with Crippen LogP contribution in [0.3, 0.4) is 0 Å². The average molecular weight is 298 g/mol. The van der Waals surface area contributed by atoms with Crippen molar-refractivity contribution >= 4 is 6.03 Å². The van der Waals surface area contributed by atoms with E-state index in [9.17, 15) is 9.90 Å². The minimum atomic E-state index is -0.591. The van der Waals surface area contributed by atoms with E-state index in [0.717, 1.165) is 16.7 Å². The van der Waals surface area contributed by atoms with Crippen molar-refractivity contribution in [1.29, 1.82) is 0 Å². The molecule has 0 saturated carbocycles. The normalized spacial score (nSPS) is 11.7. The number of carbonyl (C=O) groups is 1.